The maximum Gasteiger partial charge on any atom is 0.238 e. The van der Waals surface area contributed by atoms with Gasteiger partial charge in [-0.05, 0) is 19.8 Å². The summed E-state index contributed by atoms with van der Waals surface area (Å²) in [4.78, 5) is 13.1. The van der Waals surface area contributed by atoms with E-state index in [1.807, 2.05) is 6.92 Å². The number of hydrogen-bond donors (Lipinski definition) is 1. The summed E-state index contributed by atoms with van der Waals surface area (Å²) in [5, 5.41) is 3.31. The molecule has 0 aromatic carbocycles. The Labute approximate surface area is 81.5 Å². The zero-order chi connectivity index (χ0) is 10.4. The molecule has 1 amide bonds. The minimum absolute atomic E-state index is 0.0695. The molecule has 0 radical (unpaired) electrons. The van der Waals surface area contributed by atoms with Crippen LogP contribution in [0.2, 0.25) is 0 Å². The molecule has 0 aromatic rings. The first-order chi connectivity index (χ1) is 6.02. The van der Waals surface area contributed by atoms with Gasteiger partial charge in [0.2, 0.25) is 5.91 Å². The van der Waals surface area contributed by atoms with Gasteiger partial charge in [-0.3, -0.25) is 4.79 Å². The van der Waals surface area contributed by atoms with E-state index in [1.165, 1.54) is 0 Å². The number of hydrogen-bond acceptors (Lipinski definition) is 2. The molecule has 0 saturated carbocycles. The SMILES string of the molecule is CCC(CC)NC(C)C(=O)N(C)C. The zero-order valence-corrected chi connectivity index (χ0v) is 9.42. The average molecular weight is 186 g/mol. The predicted octanol–water partition coefficient (Wildman–Crippen LogP) is 1.24. The van der Waals surface area contributed by atoms with Crippen LogP contribution in [0.1, 0.15) is 33.6 Å². The molecule has 0 spiro atoms. The van der Waals surface area contributed by atoms with Gasteiger partial charge in [-0.25, -0.2) is 0 Å². The Bertz CT molecular complexity index is 153. The summed E-state index contributed by atoms with van der Waals surface area (Å²) in [6, 6.07) is 0.388. The van der Waals surface area contributed by atoms with Crippen molar-refractivity contribution in [3.8, 4) is 0 Å². The lowest BCUT2D eigenvalue weighted by molar-refractivity contribution is -0.130. The maximum atomic E-state index is 11.5. The molecular weight excluding hydrogens is 164 g/mol. The minimum Gasteiger partial charge on any atom is -0.347 e. The second-order valence-corrected chi connectivity index (χ2v) is 3.63. The molecule has 3 nitrogen and oxygen atoms in total. The summed E-state index contributed by atoms with van der Waals surface area (Å²) in [5.74, 6) is 0.145. The van der Waals surface area contributed by atoms with Crippen LogP contribution < -0.4 is 5.32 Å². The molecule has 0 bridgehead atoms. The lowest BCUT2D eigenvalue weighted by Crippen LogP contribution is -2.45. The summed E-state index contributed by atoms with van der Waals surface area (Å²) in [6.45, 7) is 6.18. The summed E-state index contributed by atoms with van der Waals surface area (Å²) < 4.78 is 0. The van der Waals surface area contributed by atoms with Crippen molar-refractivity contribution in [1.82, 2.24) is 10.2 Å². The van der Waals surface area contributed by atoms with Crippen LogP contribution in [0.5, 0.6) is 0 Å². The minimum atomic E-state index is -0.0695. The molecule has 0 aliphatic carbocycles. The van der Waals surface area contributed by atoms with Crippen molar-refractivity contribution < 1.29 is 4.79 Å². The van der Waals surface area contributed by atoms with Crippen LogP contribution >= 0.6 is 0 Å². The van der Waals surface area contributed by atoms with Gasteiger partial charge in [-0.1, -0.05) is 13.8 Å². The highest BCUT2D eigenvalue weighted by atomic mass is 16.2. The number of carbonyl (C=O) groups is 1. The molecular formula is C10H22N2O. The summed E-state index contributed by atoms with van der Waals surface area (Å²) in [6.07, 6.45) is 2.14. The summed E-state index contributed by atoms with van der Waals surface area (Å²) >= 11 is 0. The highest BCUT2D eigenvalue weighted by Crippen LogP contribution is 1.99. The Morgan fingerprint density at radius 2 is 1.77 bits per heavy atom. The highest BCUT2D eigenvalue weighted by molar-refractivity contribution is 5.80. The van der Waals surface area contributed by atoms with Gasteiger partial charge in [0.25, 0.3) is 0 Å². The van der Waals surface area contributed by atoms with Gasteiger partial charge in [0.05, 0.1) is 6.04 Å². The third kappa shape index (κ3) is 4.27. The number of amides is 1. The smallest absolute Gasteiger partial charge is 0.238 e. The Morgan fingerprint density at radius 1 is 1.31 bits per heavy atom. The Morgan fingerprint density at radius 3 is 2.08 bits per heavy atom. The Hall–Kier alpha value is -0.570. The van der Waals surface area contributed by atoms with E-state index < -0.39 is 0 Å². The fourth-order valence-electron chi connectivity index (χ4n) is 1.34. The summed E-state index contributed by atoms with van der Waals surface area (Å²) in [5.41, 5.74) is 0. The van der Waals surface area contributed by atoms with Crippen molar-refractivity contribution in [1.29, 1.82) is 0 Å². The van der Waals surface area contributed by atoms with Gasteiger partial charge in [-0.15, -0.1) is 0 Å². The molecule has 13 heavy (non-hydrogen) atoms. The standard InChI is InChI=1S/C10H22N2O/c1-6-9(7-2)11-8(3)10(13)12(4)5/h8-9,11H,6-7H2,1-5H3. The van der Waals surface area contributed by atoms with Crippen LogP contribution in [0.4, 0.5) is 0 Å². The fraction of sp³-hybridized carbons (Fsp3) is 0.900. The van der Waals surface area contributed by atoms with E-state index in [-0.39, 0.29) is 11.9 Å². The van der Waals surface area contributed by atoms with E-state index in [9.17, 15) is 4.79 Å². The number of likely N-dealkylation sites (N-methyl/N-ethyl adjacent to an activating group) is 1. The molecule has 0 heterocycles. The van der Waals surface area contributed by atoms with Crippen LogP contribution in [0.15, 0.2) is 0 Å². The van der Waals surface area contributed by atoms with E-state index in [2.05, 4.69) is 19.2 Å². The predicted molar refractivity (Wildman–Crippen MR) is 55.7 cm³/mol. The van der Waals surface area contributed by atoms with Crippen molar-refractivity contribution >= 4 is 5.91 Å². The molecule has 0 rings (SSSR count). The number of nitrogens with zero attached hydrogens (tertiary/aromatic N) is 1. The monoisotopic (exact) mass is 186 g/mol. The Kier molecular flexibility index (Phi) is 5.71. The van der Waals surface area contributed by atoms with Gasteiger partial charge in [0.15, 0.2) is 0 Å². The zero-order valence-electron chi connectivity index (χ0n) is 9.42. The van der Waals surface area contributed by atoms with Crippen LogP contribution in [-0.4, -0.2) is 37.0 Å². The van der Waals surface area contributed by atoms with Gasteiger partial charge in [0.1, 0.15) is 0 Å². The van der Waals surface area contributed by atoms with Gasteiger partial charge in [-0.2, -0.15) is 0 Å². The van der Waals surface area contributed by atoms with Crippen molar-refractivity contribution in [3.05, 3.63) is 0 Å². The second kappa shape index (κ2) is 5.97. The number of rotatable bonds is 5. The molecule has 0 aromatic heterocycles. The molecule has 0 fully saturated rings. The first-order valence-corrected chi connectivity index (χ1v) is 5.00. The average Bonchev–Trinajstić information content (AvgIpc) is 2.12. The molecule has 3 heteroatoms. The molecule has 0 aliphatic rings. The maximum absolute atomic E-state index is 11.5. The Balaban J connectivity index is 3.97. The third-order valence-corrected chi connectivity index (χ3v) is 2.28. The van der Waals surface area contributed by atoms with Crippen molar-refractivity contribution in [2.45, 2.75) is 45.7 Å². The highest BCUT2D eigenvalue weighted by Gasteiger charge is 2.16. The van der Waals surface area contributed by atoms with E-state index in [0.717, 1.165) is 12.8 Å². The normalized spacial score (nSPS) is 13.1. The van der Waals surface area contributed by atoms with Crippen molar-refractivity contribution in [3.63, 3.8) is 0 Å². The number of nitrogens with one attached hydrogen (secondary N) is 1. The lowest BCUT2D eigenvalue weighted by Gasteiger charge is -2.22. The van der Waals surface area contributed by atoms with E-state index in [4.69, 9.17) is 0 Å². The van der Waals surface area contributed by atoms with Gasteiger partial charge < -0.3 is 10.2 Å². The largest absolute Gasteiger partial charge is 0.347 e. The summed E-state index contributed by atoms with van der Waals surface area (Å²) in [7, 11) is 3.57. The van der Waals surface area contributed by atoms with E-state index in [1.54, 1.807) is 19.0 Å². The van der Waals surface area contributed by atoms with Crippen molar-refractivity contribution in [2.75, 3.05) is 14.1 Å². The second-order valence-electron chi connectivity index (χ2n) is 3.63. The quantitative estimate of drug-likeness (QED) is 0.700. The lowest BCUT2D eigenvalue weighted by atomic mass is 10.1. The third-order valence-electron chi connectivity index (χ3n) is 2.28. The van der Waals surface area contributed by atoms with E-state index >= 15 is 0 Å². The van der Waals surface area contributed by atoms with Crippen LogP contribution in [0.3, 0.4) is 0 Å². The van der Waals surface area contributed by atoms with Crippen LogP contribution in [0, 0.1) is 0 Å². The molecule has 1 N–H and O–H groups in total. The number of carbonyl (C=O) groups excluding carboxylic acids is 1. The van der Waals surface area contributed by atoms with Gasteiger partial charge in [0, 0.05) is 20.1 Å². The first kappa shape index (κ1) is 12.4. The molecule has 1 atom stereocenters. The molecule has 0 saturated heterocycles. The molecule has 1 unspecified atom stereocenters. The topological polar surface area (TPSA) is 32.3 Å². The first-order valence-electron chi connectivity index (χ1n) is 5.00. The van der Waals surface area contributed by atoms with Crippen LogP contribution in [-0.2, 0) is 4.79 Å². The fourth-order valence-corrected chi connectivity index (χ4v) is 1.34. The van der Waals surface area contributed by atoms with Crippen molar-refractivity contribution in [2.24, 2.45) is 0 Å². The van der Waals surface area contributed by atoms with E-state index in [0.29, 0.717) is 6.04 Å². The molecule has 78 valence electrons. The van der Waals surface area contributed by atoms with Gasteiger partial charge >= 0.3 is 0 Å². The van der Waals surface area contributed by atoms with Crippen LogP contribution in [0.25, 0.3) is 0 Å². The molecule has 0 aliphatic heterocycles.